The minimum Gasteiger partial charge on any atom is -0.478 e. The van der Waals surface area contributed by atoms with Crippen molar-refractivity contribution in [2.75, 3.05) is 19.8 Å². The number of aromatic carboxylic acids is 2. The van der Waals surface area contributed by atoms with Crippen LogP contribution in [0.4, 0.5) is 0 Å². The Morgan fingerprint density at radius 1 is 1.10 bits per heavy atom. The largest absolute Gasteiger partial charge is 0.478 e. The minimum atomic E-state index is -1.03. The van der Waals surface area contributed by atoms with Gasteiger partial charge in [0.2, 0.25) is 5.91 Å². The Hall–Kier alpha value is -4.43. The summed E-state index contributed by atoms with van der Waals surface area (Å²) in [6.45, 7) is 2.73. The molecule has 0 radical (unpaired) electrons. The Balaban J connectivity index is 1.58. The lowest BCUT2D eigenvalue weighted by Crippen LogP contribution is -2.46. The Morgan fingerprint density at radius 3 is 2.25 bits per heavy atom. The van der Waals surface area contributed by atoms with Crippen molar-refractivity contribution in [1.82, 2.24) is 10.2 Å². The summed E-state index contributed by atoms with van der Waals surface area (Å²) >= 11 is 0. The molecule has 2 aromatic carbocycles. The number of aryl methyl sites for hydroxylation is 2. The van der Waals surface area contributed by atoms with Crippen LogP contribution in [-0.2, 0) is 23.1 Å². The molecule has 2 atom stereocenters. The number of azo groups is 1. The van der Waals surface area contributed by atoms with Crippen molar-refractivity contribution in [3.05, 3.63) is 69.8 Å². The number of carbonyl (C=O) groups excluding carboxylic acids is 1. The van der Waals surface area contributed by atoms with Crippen LogP contribution in [0.15, 0.2) is 51.6 Å². The number of carbonyl (C=O) groups is 3. The Bertz CT molecular complexity index is 1410. The number of amides is 1. The number of nitrogens with zero attached hydrogens (tertiary/aromatic N) is 5. The molecular formula is C29H30N6O5. The molecule has 2 aliphatic heterocycles. The molecule has 206 valence electrons. The quantitative estimate of drug-likeness (QED) is 0.460. The monoisotopic (exact) mass is 542 g/mol. The molecule has 0 saturated carbocycles. The van der Waals surface area contributed by atoms with Crippen molar-refractivity contribution in [2.45, 2.75) is 56.5 Å². The third-order valence-corrected chi connectivity index (χ3v) is 8.05. The van der Waals surface area contributed by atoms with Crippen molar-refractivity contribution in [1.29, 1.82) is 5.26 Å². The number of hydrogen-bond donors (Lipinski definition) is 3. The number of aliphatic imine (C=N–C) groups is 1. The molecule has 1 fully saturated rings. The second-order valence-corrected chi connectivity index (χ2v) is 10.5. The van der Waals surface area contributed by atoms with E-state index in [1.54, 1.807) is 41.3 Å². The molecule has 11 nitrogen and oxygen atoms in total. The van der Waals surface area contributed by atoms with Gasteiger partial charge < -0.3 is 20.4 Å². The lowest BCUT2D eigenvalue weighted by Gasteiger charge is -2.37. The van der Waals surface area contributed by atoms with Gasteiger partial charge in [0, 0.05) is 12.6 Å². The number of likely N-dealkylation sites (tertiary alicyclic amines) is 1. The molecule has 0 aromatic heterocycles. The molecule has 2 aromatic rings. The van der Waals surface area contributed by atoms with Crippen molar-refractivity contribution in [3.8, 4) is 6.07 Å². The summed E-state index contributed by atoms with van der Waals surface area (Å²) in [6, 6.07) is 11.6. The first-order valence-corrected chi connectivity index (χ1v) is 13.3. The molecule has 5 rings (SSSR count). The Kier molecular flexibility index (Phi) is 7.45. The van der Waals surface area contributed by atoms with Gasteiger partial charge in [-0.15, -0.1) is 5.11 Å². The number of fused-ring (bicyclic) bond motifs is 2. The summed E-state index contributed by atoms with van der Waals surface area (Å²) in [4.78, 5) is 42.8. The van der Waals surface area contributed by atoms with Gasteiger partial charge in [-0.25, -0.2) is 14.6 Å². The van der Waals surface area contributed by atoms with Crippen LogP contribution in [0.1, 0.15) is 69.2 Å². The number of rotatable bonds is 8. The van der Waals surface area contributed by atoms with Gasteiger partial charge >= 0.3 is 11.9 Å². The normalized spacial score (nSPS) is 19.6. The highest BCUT2D eigenvalue weighted by Gasteiger charge is 2.46. The van der Waals surface area contributed by atoms with Gasteiger partial charge in [0.25, 0.3) is 0 Å². The standard InChI is InChI=1S/C29H30N6O5/c1-17(31-15-25(36)35-10-2-3-22(35)14-30)13-29(28-32-16-33-34-28)23-8-6-20(26(37)38)11-18(23)4-5-19-12-21(27(39)40)7-9-24(19)29/h6-9,11-12,17,22,31H,2-5,10,13,15-16H2,1H3,(H,37,38)(H,39,40)/t17-,22-/m0/s1. The number of hydrogen-bond acceptors (Lipinski definition) is 8. The molecule has 40 heavy (non-hydrogen) atoms. The number of nitriles is 1. The SMILES string of the molecule is C[C@@H](CC1(C2=NCN=N2)c2ccc(C(=O)O)cc2CCc2cc(C(=O)O)ccc21)NCC(=O)N1CCC[C@H]1C#N. The number of nitrogens with one attached hydrogen (secondary N) is 1. The Morgan fingerprint density at radius 2 is 1.73 bits per heavy atom. The Labute approximate surface area is 231 Å². The molecule has 11 heteroatoms. The average Bonchev–Trinajstić information content (AvgIpc) is 3.64. The van der Waals surface area contributed by atoms with E-state index >= 15 is 0 Å². The topological polar surface area (TPSA) is 168 Å². The predicted molar refractivity (Wildman–Crippen MR) is 145 cm³/mol. The summed E-state index contributed by atoms with van der Waals surface area (Å²) in [6.07, 6.45) is 2.89. The first kappa shape index (κ1) is 27.1. The first-order chi connectivity index (χ1) is 19.2. The fourth-order valence-corrected chi connectivity index (χ4v) is 6.21. The molecule has 0 bridgehead atoms. The van der Waals surface area contributed by atoms with Crippen LogP contribution in [0.3, 0.4) is 0 Å². The number of amidine groups is 1. The van der Waals surface area contributed by atoms with E-state index in [9.17, 15) is 29.9 Å². The number of carboxylic acids is 2. The summed E-state index contributed by atoms with van der Waals surface area (Å²) in [7, 11) is 0. The lowest BCUT2D eigenvalue weighted by atomic mass is 9.67. The van der Waals surface area contributed by atoms with E-state index in [2.05, 4.69) is 26.6 Å². The molecule has 2 heterocycles. The van der Waals surface area contributed by atoms with Gasteiger partial charge in [-0.05, 0) is 85.5 Å². The van der Waals surface area contributed by atoms with Gasteiger partial charge in [-0.2, -0.15) is 10.4 Å². The minimum absolute atomic E-state index is 0.0546. The molecule has 1 amide bonds. The van der Waals surface area contributed by atoms with Crippen molar-refractivity contribution < 1.29 is 24.6 Å². The van der Waals surface area contributed by atoms with Gasteiger partial charge in [0.15, 0.2) is 12.5 Å². The maximum atomic E-state index is 12.9. The van der Waals surface area contributed by atoms with E-state index in [1.165, 1.54) is 0 Å². The van der Waals surface area contributed by atoms with Crippen molar-refractivity contribution >= 4 is 23.7 Å². The molecule has 3 N–H and O–H groups in total. The summed E-state index contributed by atoms with van der Waals surface area (Å²) < 4.78 is 0. The number of benzene rings is 2. The van der Waals surface area contributed by atoms with E-state index in [-0.39, 0.29) is 36.3 Å². The highest BCUT2D eigenvalue weighted by molar-refractivity contribution is 5.99. The van der Waals surface area contributed by atoms with Crippen LogP contribution in [-0.4, -0.2) is 70.6 Å². The van der Waals surface area contributed by atoms with Crippen LogP contribution in [0.2, 0.25) is 0 Å². The van der Waals surface area contributed by atoms with Gasteiger partial charge in [0.1, 0.15) is 6.04 Å². The fraction of sp³-hybridized carbons (Fsp3) is 0.414. The highest BCUT2D eigenvalue weighted by Crippen LogP contribution is 2.46. The van der Waals surface area contributed by atoms with Crippen molar-refractivity contribution in [2.24, 2.45) is 15.2 Å². The van der Waals surface area contributed by atoms with Crippen LogP contribution < -0.4 is 5.32 Å². The maximum absolute atomic E-state index is 12.9. The van der Waals surface area contributed by atoms with Crippen molar-refractivity contribution in [3.63, 3.8) is 0 Å². The summed E-state index contributed by atoms with van der Waals surface area (Å²) in [5.41, 5.74) is 2.66. The summed E-state index contributed by atoms with van der Waals surface area (Å²) in [5, 5.41) is 40.6. The zero-order valence-electron chi connectivity index (χ0n) is 22.1. The molecule has 0 spiro atoms. The van der Waals surface area contributed by atoms with Gasteiger partial charge in [-0.1, -0.05) is 12.1 Å². The predicted octanol–water partition coefficient (Wildman–Crippen LogP) is 3.17. The third-order valence-electron chi connectivity index (χ3n) is 8.05. The van der Waals surface area contributed by atoms with E-state index in [1.807, 2.05) is 6.92 Å². The molecule has 1 aliphatic carbocycles. The first-order valence-electron chi connectivity index (χ1n) is 13.3. The van der Waals surface area contributed by atoms with E-state index in [0.717, 1.165) is 28.7 Å². The number of carboxylic acid groups (broad SMARTS) is 2. The van der Waals surface area contributed by atoms with Crippen LogP contribution in [0.25, 0.3) is 0 Å². The molecule has 0 unspecified atom stereocenters. The van der Waals surface area contributed by atoms with E-state index < -0.39 is 23.4 Å². The van der Waals surface area contributed by atoms with E-state index in [0.29, 0.717) is 38.1 Å². The van der Waals surface area contributed by atoms with E-state index in [4.69, 9.17) is 0 Å². The summed E-state index contributed by atoms with van der Waals surface area (Å²) in [5.74, 6) is -1.74. The van der Waals surface area contributed by atoms with Crippen LogP contribution >= 0.6 is 0 Å². The second kappa shape index (κ2) is 11.0. The third kappa shape index (κ3) is 4.86. The van der Waals surface area contributed by atoms with Gasteiger partial charge in [-0.3, -0.25) is 4.79 Å². The maximum Gasteiger partial charge on any atom is 0.335 e. The zero-order valence-corrected chi connectivity index (χ0v) is 22.1. The van der Waals surface area contributed by atoms with Crippen LogP contribution in [0.5, 0.6) is 0 Å². The highest BCUT2D eigenvalue weighted by atomic mass is 16.4. The van der Waals surface area contributed by atoms with Gasteiger partial charge in [0.05, 0.1) is 29.2 Å². The average molecular weight is 543 g/mol. The lowest BCUT2D eigenvalue weighted by molar-refractivity contribution is -0.130. The smallest absolute Gasteiger partial charge is 0.335 e. The fourth-order valence-electron chi connectivity index (χ4n) is 6.21. The molecular weight excluding hydrogens is 512 g/mol. The second-order valence-electron chi connectivity index (χ2n) is 10.5. The molecule has 3 aliphatic rings. The molecule has 1 saturated heterocycles. The van der Waals surface area contributed by atoms with Crippen LogP contribution in [0, 0.1) is 11.3 Å². The zero-order chi connectivity index (χ0) is 28.4.